The molecule has 0 unspecified atom stereocenters. The second-order valence-corrected chi connectivity index (χ2v) is 4.94. The van der Waals surface area contributed by atoms with Gasteiger partial charge in [0.05, 0.1) is 29.2 Å². The topological polar surface area (TPSA) is 79.4 Å². The van der Waals surface area contributed by atoms with Gasteiger partial charge in [-0.3, -0.25) is 4.68 Å². The lowest BCUT2D eigenvalue weighted by atomic mass is 10.1. The molecule has 0 bridgehead atoms. The van der Waals surface area contributed by atoms with Crippen molar-refractivity contribution in [2.45, 2.75) is 6.92 Å². The van der Waals surface area contributed by atoms with Gasteiger partial charge in [-0.05, 0) is 24.6 Å². The zero-order chi connectivity index (χ0) is 15.5. The van der Waals surface area contributed by atoms with E-state index in [9.17, 15) is 0 Å². The zero-order valence-corrected chi connectivity index (χ0v) is 12.3. The Balaban J connectivity index is 1.93. The average molecular weight is 290 g/mol. The van der Waals surface area contributed by atoms with Crippen molar-refractivity contribution in [1.29, 1.82) is 5.26 Å². The molecule has 0 fully saturated rings. The fraction of sp³-hybridized carbons (Fsp3) is 0.125. The van der Waals surface area contributed by atoms with Gasteiger partial charge in [0.15, 0.2) is 0 Å². The summed E-state index contributed by atoms with van der Waals surface area (Å²) in [5.74, 6) is 0.512. The number of nitriles is 1. The number of benzene rings is 1. The minimum atomic E-state index is 0.512. The second-order valence-electron chi connectivity index (χ2n) is 4.94. The van der Waals surface area contributed by atoms with Crippen molar-refractivity contribution in [3.05, 3.63) is 54.0 Å². The maximum Gasteiger partial charge on any atom is 0.227 e. The standard InChI is InChI=1S/C16H14N6/c1-11-8-18-16(20-14-9-19-22(2)10-14)21-15(11)13-5-3-12(7-17)4-6-13/h3-6,8-10H,1-2H3,(H,18,20,21). The van der Waals surface area contributed by atoms with Gasteiger partial charge in [-0.1, -0.05) is 12.1 Å². The van der Waals surface area contributed by atoms with Crippen LogP contribution in [-0.4, -0.2) is 19.7 Å². The molecule has 0 spiro atoms. The molecule has 0 aliphatic carbocycles. The highest BCUT2D eigenvalue weighted by Gasteiger charge is 2.07. The average Bonchev–Trinajstić information content (AvgIpc) is 2.94. The Morgan fingerprint density at radius 3 is 2.59 bits per heavy atom. The predicted octanol–water partition coefficient (Wildman–Crippen LogP) is 2.80. The molecule has 22 heavy (non-hydrogen) atoms. The fourth-order valence-corrected chi connectivity index (χ4v) is 2.11. The molecule has 0 saturated carbocycles. The summed E-state index contributed by atoms with van der Waals surface area (Å²) in [5, 5.41) is 16.1. The van der Waals surface area contributed by atoms with Crippen molar-refractivity contribution in [2.24, 2.45) is 7.05 Å². The number of aromatic nitrogens is 4. The van der Waals surface area contributed by atoms with Crippen LogP contribution in [0.1, 0.15) is 11.1 Å². The highest BCUT2D eigenvalue weighted by molar-refractivity contribution is 5.65. The summed E-state index contributed by atoms with van der Waals surface area (Å²) in [6, 6.07) is 9.46. The molecule has 3 rings (SSSR count). The SMILES string of the molecule is Cc1cnc(Nc2cnn(C)c2)nc1-c1ccc(C#N)cc1. The number of anilines is 2. The molecule has 6 heteroatoms. The quantitative estimate of drug-likeness (QED) is 0.802. The largest absolute Gasteiger partial charge is 0.321 e. The Morgan fingerprint density at radius 2 is 1.95 bits per heavy atom. The van der Waals surface area contributed by atoms with Gasteiger partial charge in [0.2, 0.25) is 5.95 Å². The zero-order valence-electron chi connectivity index (χ0n) is 12.3. The number of rotatable bonds is 3. The molecule has 2 heterocycles. The predicted molar refractivity (Wildman–Crippen MR) is 83.4 cm³/mol. The fourth-order valence-electron chi connectivity index (χ4n) is 2.11. The van der Waals surface area contributed by atoms with Crippen molar-refractivity contribution < 1.29 is 0 Å². The van der Waals surface area contributed by atoms with Crippen molar-refractivity contribution in [2.75, 3.05) is 5.32 Å². The molecule has 3 aromatic rings. The van der Waals surface area contributed by atoms with E-state index in [4.69, 9.17) is 5.26 Å². The van der Waals surface area contributed by atoms with E-state index in [0.29, 0.717) is 11.5 Å². The van der Waals surface area contributed by atoms with E-state index in [2.05, 4.69) is 26.5 Å². The number of hydrogen-bond acceptors (Lipinski definition) is 5. The molecule has 0 atom stereocenters. The molecule has 1 N–H and O–H groups in total. The molecule has 1 aromatic carbocycles. The van der Waals surface area contributed by atoms with Crippen LogP contribution in [0.5, 0.6) is 0 Å². The summed E-state index contributed by atoms with van der Waals surface area (Å²) in [7, 11) is 1.85. The maximum atomic E-state index is 8.87. The van der Waals surface area contributed by atoms with Crippen LogP contribution in [0.2, 0.25) is 0 Å². The molecule has 0 amide bonds. The van der Waals surface area contributed by atoms with Crippen molar-refractivity contribution in [3.8, 4) is 17.3 Å². The summed E-state index contributed by atoms with van der Waals surface area (Å²) in [6.45, 7) is 1.96. The van der Waals surface area contributed by atoms with Crippen LogP contribution >= 0.6 is 0 Å². The van der Waals surface area contributed by atoms with Gasteiger partial charge < -0.3 is 5.32 Å². The Kier molecular flexibility index (Phi) is 3.54. The number of nitrogens with zero attached hydrogens (tertiary/aromatic N) is 5. The molecule has 108 valence electrons. The Morgan fingerprint density at radius 1 is 1.18 bits per heavy atom. The van der Waals surface area contributed by atoms with E-state index in [1.54, 1.807) is 29.2 Å². The molecule has 0 aliphatic heterocycles. The van der Waals surface area contributed by atoms with Gasteiger partial charge in [0, 0.05) is 25.0 Å². The van der Waals surface area contributed by atoms with E-state index in [0.717, 1.165) is 22.5 Å². The summed E-state index contributed by atoms with van der Waals surface area (Å²) >= 11 is 0. The Bertz CT molecular complexity index is 842. The highest BCUT2D eigenvalue weighted by Crippen LogP contribution is 2.23. The van der Waals surface area contributed by atoms with Gasteiger partial charge in [0.25, 0.3) is 0 Å². The lowest BCUT2D eigenvalue weighted by molar-refractivity contribution is 0.768. The van der Waals surface area contributed by atoms with Crippen molar-refractivity contribution in [1.82, 2.24) is 19.7 Å². The smallest absolute Gasteiger partial charge is 0.227 e. The minimum absolute atomic E-state index is 0.512. The van der Waals surface area contributed by atoms with Crippen LogP contribution in [0.3, 0.4) is 0 Å². The van der Waals surface area contributed by atoms with Crippen molar-refractivity contribution >= 4 is 11.6 Å². The van der Waals surface area contributed by atoms with Crippen LogP contribution in [0.4, 0.5) is 11.6 Å². The minimum Gasteiger partial charge on any atom is -0.321 e. The Hall–Kier alpha value is -3.20. The van der Waals surface area contributed by atoms with E-state index >= 15 is 0 Å². The van der Waals surface area contributed by atoms with Crippen LogP contribution < -0.4 is 5.32 Å². The first-order chi connectivity index (χ1) is 10.7. The van der Waals surface area contributed by atoms with E-state index in [1.165, 1.54) is 0 Å². The first-order valence-corrected chi connectivity index (χ1v) is 6.75. The second kappa shape index (κ2) is 5.66. The lowest BCUT2D eigenvalue weighted by Crippen LogP contribution is -1.99. The number of nitrogens with one attached hydrogen (secondary N) is 1. The third-order valence-electron chi connectivity index (χ3n) is 3.22. The number of hydrogen-bond donors (Lipinski definition) is 1. The van der Waals surface area contributed by atoms with Gasteiger partial charge in [-0.25, -0.2) is 9.97 Å². The summed E-state index contributed by atoms with van der Waals surface area (Å²) in [5.41, 5.74) is 4.22. The van der Waals surface area contributed by atoms with E-state index in [-0.39, 0.29) is 0 Å². The third kappa shape index (κ3) is 2.79. The summed E-state index contributed by atoms with van der Waals surface area (Å²) < 4.78 is 1.71. The van der Waals surface area contributed by atoms with Crippen LogP contribution in [-0.2, 0) is 7.05 Å². The van der Waals surface area contributed by atoms with Crippen LogP contribution in [0.25, 0.3) is 11.3 Å². The Labute approximate surface area is 128 Å². The number of aryl methyl sites for hydroxylation is 2. The van der Waals surface area contributed by atoms with Gasteiger partial charge in [-0.2, -0.15) is 10.4 Å². The first-order valence-electron chi connectivity index (χ1n) is 6.75. The molecular weight excluding hydrogens is 276 g/mol. The van der Waals surface area contributed by atoms with E-state index < -0.39 is 0 Å². The van der Waals surface area contributed by atoms with Crippen molar-refractivity contribution in [3.63, 3.8) is 0 Å². The maximum absolute atomic E-state index is 8.87. The molecular formula is C16H14N6. The summed E-state index contributed by atoms with van der Waals surface area (Å²) in [4.78, 5) is 8.85. The molecule has 0 aliphatic rings. The highest BCUT2D eigenvalue weighted by atomic mass is 15.3. The summed E-state index contributed by atoms with van der Waals surface area (Å²) in [6.07, 6.45) is 5.34. The monoisotopic (exact) mass is 290 g/mol. The molecule has 0 radical (unpaired) electrons. The molecule has 0 saturated heterocycles. The first kappa shape index (κ1) is 13.8. The normalized spacial score (nSPS) is 10.2. The van der Waals surface area contributed by atoms with Gasteiger partial charge in [0.1, 0.15) is 0 Å². The van der Waals surface area contributed by atoms with Crippen LogP contribution in [0, 0.1) is 18.3 Å². The lowest BCUT2D eigenvalue weighted by Gasteiger charge is -2.08. The van der Waals surface area contributed by atoms with Gasteiger partial charge >= 0.3 is 0 Å². The molecule has 6 nitrogen and oxygen atoms in total. The molecule has 2 aromatic heterocycles. The third-order valence-corrected chi connectivity index (χ3v) is 3.22. The van der Waals surface area contributed by atoms with Gasteiger partial charge in [-0.15, -0.1) is 0 Å². The van der Waals surface area contributed by atoms with Crippen LogP contribution in [0.15, 0.2) is 42.9 Å². The van der Waals surface area contributed by atoms with E-state index in [1.807, 2.05) is 32.3 Å².